The highest BCUT2D eigenvalue weighted by molar-refractivity contribution is 5.78. The van der Waals surface area contributed by atoms with Crippen molar-refractivity contribution in [3.05, 3.63) is 35.4 Å². The molecular weight excluding hydrogens is 353 g/mol. The summed E-state index contributed by atoms with van der Waals surface area (Å²) >= 11 is 0. The van der Waals surface area contributed by atoms with Gasteiger partial charge in [0.05, 0.1) is 24.6 Å². The maximum Gasteiger partial charge on any atom is 0.416 e. The van der Waals surface area contributed by atoms with E-state index in [4.69, 9.17) is 9.84 Å². The van der Waals surface area contributed by atoms with Gasteiger partial charge in [-0.2, -0.15) is 13.2 Å². The predicted molar refractivity (Wildman–Crippen MR) is 88.3 cm³/mol. The topological polar surface area (TPSA) is 87.7 Å². The van der Waals surface area contributed by atoms with Gasteiger partial charge in [-0.3, -0.25) is 4.79 Å². The molecule has 2 amide bonds. The van der Waals surface area contributed by atoms with Crippen LogP contribution in [0.25, 0.3) is 0 Å². The molecule has 0 saturated heterocycles. The molecule has 146 valence electrons. The van der Waals surface area contributed by atoms with Crippen LogP contribution in [0.1, 0.15) is 44.4 Å². The number of halogens is 3. The number of aliphatic hydroxyl groups excluding tert-OH is 1. The average Bonchev–Trinajstić information content (AvgIpc) is 2.49. The molecule has 0 aliphatic heterocycles. The zero-order valence-electron chi connectivity index (χ0n) is 14.8. The number of carbonyl (C=O) groups excluding carboxylic acids is 2. The van der Waals surface area contributed by atoms with E-state index in [1.807, 2.05) is 0 Å². The summed E-state index contributed by atoms with van der Waals surface area (Å²) in [5.41, 5.74) is -2.04. The summed E-state index contributed by atoms with van der Waals surface area (Å²) < 4.78 is 44.9. The highest BCUT2D eigenvalue weighted by atomic mass is 19.4. The van der Waals surface area contributed by atoms with Crippen LogP contribution in [0.2, 0.25) is 0 Å². The quantitative estimate of drug-likeness (QED) is 0.712. The lowest BCUT2D eigenvalue weighted by atomic mass is 9.97. The van der Waals surface area contributed by atoms with Crippen LogP contribution < -0.4 is 10.6 Å². The van der Waals surface area contributed by atoms with Crippen LogP contribution in [0, 0.1) is 0 Å². The van der Waals surface area contributed by atoms with Crippen molar-refractivity contribution in [2.75, 3.05) is 13.2 Å². The number of alkyl carbamates (subject to hydrolysis) is 1. The van der Waals surface area contributed by atoms with Crippen molar-refractivity contribution in [1.82, 2.24) is 10.6 Å². The molecule has 9 heteroatoms. The minimum Gasteiger partial charge on any atom is -0.444 e. The van der Waals surface area contributed by atoms with Gasteiger partial charge >= 0.3 is 12.3 Å². The summed E-state index contributed by atoms with van der Waals surface area (Å²) in [6, 6.07) is 3.44. The van der Waals surface area contributed by atoms with E-state index in [2.05, 4.69) is 10.6 Å². The van der Waals surface area contributed by atoms with Gasteiger partial charge in [-0.1, -0.05) is 18.2 Å². The molecule has 26 heavy (non-hydrogen) atoms. The maximum absolute atomic E-state index is 13.3. The Morgan fingerprint density at radius 1 is 1.19 bits per heavy atom. The van der Waals surface area contributed by atoms with Crippen LogP contribution in [-0.2, 0) is 15.7 Å². The Hall–Kier alpha value is -2.29. The van der Waals surface area contributed by atoms with Crippen LogP contribution >= 0.6 is 0 Å². The molecule has 0 aromatic heterocycles. The summed E-state index contributed by atoms with van der Waals surface area (Å²) in [5, 5.41) is 13.4. The number of ether oxygens (including phenoxy) is 1. The van der Waals surface area contributed by atoms with E-state index >= 15 is 0 Å². The van der Waals surface area contributed by atoms with Crippen molar-refractivity contribution in [2.45, 2.75) is 45.0 Å². The fourth-order valence-corrected chi connectivity index (χ4v) is 2.20. The fourth-order valence-electron chi connectivity index (χ4n) is 2.20. The largest absolute Gasteiger partial charge is 0.444 e. The highest BCUT2D eigenvalue weighted by Crippen LogP contribution is 2.35. The van der Waals surface area contributed by atoms with Gasteiger partial charge in [0.1, 0.15) is 5.60 Å². The molecule has 1 atom stereocenters. The van der Waals surface area contributed by atoms with Crippen molar-refractivity contribution < 1.29 is 32.6 Å². The molecule has 0 saturated carbocycles. The first kappa shape index (κ1) is 21.8. The first-order valence-corrected chi connectivity index (χ1v) is 7.97. The number of hydrogen-bond donors (Lipinski definition) is 3. The van der Waals surface area contributed by atoms with Gasteiger partial charge in [-0.25, -0.2) is 4.79 Å². The smallest absolute Gasteiger partial charge is 0.416 e. The van der Waals surface area contributed by atoms with Gasteiger partial charge in [0.15, 0.2) is 0 Å². The molecular formula is C17H23F3N2O4. The van der Waals surface area contributed by atoms with E-state index in [9.17, 15) is 22.8 Å². The minimum atomic E-state index is -4.65. The van der Waals surface area contributed by atoms with Gasteiger partial charge in [0.2, 0.25) is 5.91 Å². The maximum atomic E-state index is 13.3. The van der Waals surface area contributed by atoms with Crippen LogP contribution in [0.3, 0.4) is 0 Å². The standard InChI is InChI=1S/C17H23F3N2O4/c1-16(2,3)26-15(25)22-13(10-14(24)21-8-9-23)11-6-4-5-7-12(11)17(18,19)20/h4-7,13,23H,8-10H2,1-3H3,(H,21,24)(H,22,25). The number of rotatable bonds is 6. The van der Waals surface area contributed by atoms with E-state index in [0.717, 1.165) is 6.07 Å². The van der Waals surface area contributed by atoms with Crippen LogP contribution in [0.15, 0.2) is 24.3 Å². The summed E-state index contributed by atoms with van der Waals surface area (Å²) in [5.74, 6) is -0.614. The average molecular weight is 376 g/mol. The van der Waals surface area contributed by atoms with E-state index in [0.29, 0.717) is 0 Å². The molecule has 0 fully saturated rings. The highest BCUT2D eigenvalue weighted by Gasteiger charge is 2.36. The van der Waals surface area contributed by atoms with Gasteiger partial charge in [-0.15, -0.1) is 0 Å². The number of hydrogen-bond acceptors (Lipinski definition) is 4. The third-order valence-electron chi connectivity index (χ3n) is 3.16. The molecule has 1 rings (SSSR count). The van der Waals surface area contributed by atoms with Crippen LogP contribution in [0.4, 0.5) is 18.0 Å². The molecule has 1 unspecified atom stereocenters. The summed E-state index contributed by atoms with van der Waals surface area (Å²) in [4.78, 5) is 23.9. The zero-order chi connectivity index (χ0) is 20.0. The fraction of sp³-hybridized carbons (Fsp3) is 0.529. The summed E-state index contributed by atoms with van der Waals surface area (Å²) in [7, 11) is 0. The molecule has 1 aromatic rings. The van der Waals surface area contributed by atoms with Gasteiger partial charge in [0, 0.05) is 6.54 Å². The normalized spacial score (nSPS) is 13.0. The van der Waals surface area contributed by atoms with Crippen molar-refractivity contribution in [1.29, 1.82) is 0 Å². The third-order valence-corrected chi connectivity index (χ3v) is 3.16. The number of alkyl halides is 3. The molecule has 0 heterocycles. The van der Waals surface area contributed by atoms with Crippen LogP contribution in [0.5, 0.6) is 0 Å². The lowest BCUT2D eigenvalue weighted by Crippen LogP contribution is -2.38. The molecule has 1 aromatic carbocycles. The van der Waals surface area contributed by atoms with Crippen molar-refractivity contribution in [3.63, 3.8) is 0 Å². The number of amides is 2. The molecule has 6 nitrogen and oxygen atoms in total. The molecule has 0 aliphatic carbocycles. The number of carbonyl (C=O) groups is 2. The van der Waals surface area contributed by atoms with E-state index in [1.165, 1.54) is 18.2 Å². The van der Waals surface area contributed by atoms with E-state index in [-0.39, 0.29) is 18.7 Å². The molecule has 3 N–H and O–H groups in total. The Balaban J connectivity index is 3.12. The van der Waals surface area contributed by atoms with Crippen molar-refractivity contribution in [3.8, 4) is 0 Å². The lowest BCUT2D eigenvalue weighted by molar-refractivity contribution is -0.138. The lowest BCUT2D eigenvalue weighted by Gasteiger charge is -2.25. The van der Waals surface area contributed by atoms with Gasteiger partial charge in [-0.05, 0) is 32.4 Å². The minimum absolute atomic E-state index is 0.0427. The third kappa shape index (κ3) is 7.30. The summed E-state index contributed by atoms with van der Waals surface area (Å²) in [6.45, 7) is 4.48. The van der Waals surface area contributed by atoms with E-state index in [1.54, 1.807) is 20.8 Å². The Kier molecular flexibility index (Phi) is 7.43. The SMILES string of the molecule is CC(C)(C)OC(=O)NC(CC(=O)NCCO)c1ccccc1C(F)(F)F. The Labute approximate surface area is 149 Å². The molecule has 0 spiro atoms. The number of nitrogens with one attached hydrogen (secondary N) is 2. The number of benzene rings is 1. The second-order valence-corrected chi connectivity index (χ2v) is 6.56. The Morgan fingerprint density at radius 2 is 1.81 bits per heavy atom. The predicted octanol–water partition coefficient (Wildman–Crippen LogP) is 2.77. The summed E-state index contributed by atoms with van der Waals surface area (Å²) in [6.07, 6.45) is -6.02. The van der Waals surface area contributed by atoms with Crippen molar-refractivity contribution in [2.24, 2.45) is 0 Å². The second-order valence-electron chi connectivity index (χ2n) is 6.56. The monoisotopic (exact) mass is 376 g/mol. The second kappa shape index (κ2) is 8.88. The molecule has 0 radical (unpaired) electrons. The zero-order valence-corrected chi connectivity index (χ0v) is 14.8. The Morgan fingerprint density at radius 3 is 2.35 bits per heavy atom. The Bertz CT molecular complexity index is 627. The number of aliphatic hydroxyl groups is 1. The van der Waals surface area contributed by atoms with Crippen LogP contribution in [-0.4, -0.2) is 35.9 Å². The van der Waals surface area contributed by atoms with Crippen molar-refractivity contribution >= 4 is 12.0 Å². The van der Waals surface area contributed by atoms with E-state index < -0.39 is 41.8 Å². The molecule has 0 aliphatic rings. The molecule has 0 bridgehead atoms. The van der Waals surface area contributed by atoms with Gasteiger partial charge < -0.3 is 20.5 Å². The first-order chi connectivity index (χ1) is 11.9. The van der Waals surface area contributed by atoms with Gasteiger partial charge in [0.25, 0.3) is 0 Å². The first-order valence-electron chi connectivity index (χ1n) is 7.97.